The molecule has 1 fully saturated rings. The summed E-state index contributed by atoms with van der Waals surface area (Å²) in [5.41, 5.74) is -0.00956. The van der Waals surface area contributed by atoms with E-state index in [4.69, 9.17) is 5.11 Å². The maximum Gasteiger partial charge on any atom is 0.317 e. The van der Waals surface area contributed by atoms with E-state index in [2.05, 4.69) is 5.32 Å². The molecular formula is C15H20F2N2O2. The van der Waals surface area contributed by atoms with Crippen LogP contribution in [0, 0.1) is 17.6 Å². The highest BCUT2D eigenvalue weighted by Gasteiger charge is 2.22. The van der Waals surface area contributed by atoms with Crippen LogP contribution in [0.1, 0.15) is 18.4 Å². The van der Waals surface area contributed by atoms with Crippen LogP contribution in [0.5, 0.6) is 0 Å². The second-order valence-electron chi connectivity index (χ2n) is 5.32. The number of nitrogens with one attached hydrogen (secondary N) is 1. The number of amides is 2. The first-order valence-corrected chi connectivity index (χ1v) is 7.18. The average molecular weight is 298 g/mol. The van der Waals surface area contributed by atoms with Gasteiger partial charge < -0.3 is 15.3 Å². The van der Waals surface area contributed by atoms with Crippen LogP contribution < -0.4 is 5.32 Å². The van der Waals surface area contributed by atoms with Gasteiger partial charge in [0.2, 0.25) is 0 Å². The number of halogens is 2. The Balaban J connectivity index is 1.81. The van der Waals surface area contributed by atoms with Crippen molar-refractivity contribution in [3.63, 3.8) is 0 Å². The molecule has 1 aliphatic rings. The molecule has 0 saturated carbocycles. The average Bonchev–Trinajstić information content (AvgIpc) is 2.50. The van der Waals surface area contributed by atoms with Crippen molar-refractivity contribution < 1.29 is 18.7 Å². The highest BCUT2D eigenvalue weighted by atomic mass is 19.1. The maximum atomic E-state index is 13.4. The minimum Gasteiger partial charge on any atom is -0.396 e. The fraction of sp³-hybridized carbons (Fsp3) is 0.533. The molecule has 0 spiro atoms. The molecule has 21 heavy (non-hydrogen) atoms. The Morgan fingerprint density at radius 3 is 2.76 bits per heavy atom. The Morgan fingerprint density at radius 2 is 2.10 bits per heavy atom. The van der Waals surface area contributed by atoms with Gasteiger partial charge >= 0.3 is 6.03 Å². The van der Waals surface area contributed by atoms with Crippen LogP contribution in [-0.4, -0.2) is 42.3 Å². The number of nitrogens with zero attached hydrogens (tertiary/aromatic N) is 1. The van der Waals surface area contributed by atoms with Gasteiger partial charge in [-0.05, 0) is 37.3 Å². The van der Waals surface area contributed by atoms with Gasteiger partial charge in [0.25, 0.3) is 0 Å². The summed E-state index contributed by atoms with van der Waals surface area (Å²) < 4.78 is 26.9. The predicted octanol–water partition coefficient (Wildman–Crippen LogP) is 1.92. The third-order valence-corrected chi connectivity index (χ3v) is 3.78. The third-order valence-electron chi connectivity index (χ3n) is 3.78. The normalized spacial score (nSPS) is 18.6. The zero-order valence-corrected chi connectivity index (χ0v) is 11.8. The number of benzene rings is 1. The standard InChI is InChI=1S/C15H20F2N2O2/c16-13-4-1-5-14(17)12(13)6-7-18-15(21)19-8-2-3-11(9-19)10-20/h1,4-5,11,20H,2-3,6-10H2,(H,18,21). The van der Waals surface area contributed by atoms with E-state index >= 15 is 0 Å². The largest absolute Gasteiger partial charge is 0.396 e. The molecule has 1 aliphatic heterocycles. The van der Waals surface area contributed by atoms with Gasteiger partial charge in [0.05, 0.1) is 0 Å². The first kappa shape index (κ1) is 15.7. The van der Waals surface area contributed by atoms with Crippen LogP contribution in [0.3, 0.4) is 0 Å². The minimum atomic E-state index is -0.595. The van der Waals surface area contributed by atoms with Crippen LogP contribution >= 0.6 is 0 Å². The number of hydrogen-bond acceptors (Lipinski definition) is 2. The molecule has 1 saturated heterocycles. The van der Waals surface area contributed by atoms with E-state index in [1.165, 1.54) is 18.2 Å². The van der Waals surface area contributed by atoms with E-state index in [0.717, 1.165) is 12.8 Å². The molecule has 2 N–H and O–H groups in total. The van der Waals surface area contributed by atoms with Crippen molar-refractivity contribution in [1.29, 1.82) is 0 Å². The van der Waals surface area contributed by atoms with Crippen LogP contribution in [0.2, 0.25) is 0 Å². The van der Waals surface area contributed by atoms with Gasteiger partial charge in [-0.15, -0.1) is 0 Å². The second kappa shape index (κ2) is 7.36. The molecule has 1 aromatic rings. The summed E-state index contributed by atoms with van der Waals surface area (Å²) in [6, 6.07) is 3.48. The summed E-state index contributed by atoms with van der Waals surface area (Å²) in [4.78, 5) is 13.6. The molecule has 6 heteroatoms. The number of aliphatic hydroxyl groups excluding tert-OH is 1. The van der Waals surface area contributed by atoms with Gasteiger partial charge in [-0.1, -0.05) is 6.07 Å². The number of carbonyl (C=O) groups excluding carboxylic acids is 1. The lowest BCUT2D eigenvalue weighted by atomic mass is 9.99. The smallest absolute Gasteiger partial charge is 0.317 e. The SMILES string of the molecule is O=C(NCCc1c(F)cccc1F)N1CCCC(CO)C1. The van der Waals surface area contributed by atoms with Crippen molar-refractivity contribution in [2.75, 3.05) is 26.2 Å². The zero-order chi connectivity index (χ0) is 15.2. The number of rotatable bonds is 4. The Morgan fingerprint density at radius 1 is 1.38 bits per heavy atom. The lowest BCUT2D eigenvalue weighted by Crippen LogP contribution is -2.46. The van der Waals surface area contributed by atoms with E-state index in [-0.39, 0.29) is 37.1 Å². The number of likely N-dealkylation sites (tertiary alicyclic amines) is 1. The predicted molar refractivity (Wildman–Crippen MR) is 74.8 cm³/mol. The van der Waals surface area contributed by atoms with Crippen molar-refractivity contribution in [2.24, 2.45) is 5.92 Å². The Hall–Kier alpha value is -1.69. The van der Waals surface area contributed by atoms with E-state index in [0.29, 0.717) is 13.1 Å². The fourth-order valence-electron chi connectivity index (χ4n) is 2.58. The van der Waals surface area contributed by atoms with Crippen LogP contribution in [0.4, 0.5) is 13.6 Å². The minimum absolute atomic E-state index is 0.00956. The molecular weight excluding hydrogens is 278 g/mol. The van der Waals surface area contributed by atoms with Gasteiger partial charge in [0.1, 0.15) is 11.6 Å². The van der Waals surface area contributed by atoms with Gasteiger partial charge in [-0.3, -0.25) is 0 Å². The van der Waals surface area contributed by atoms with Crippen molar-refractivity contribution in [1.82, 2.24) is 10.2 Å². The van der Waals surface area contributed by atoms with E-state index in [1.54, 1.807) is 4.90 Å². The fourth-order valence-corrected chi connectivity index (χ4v) is 2.58. The summed E-state index contributed by atoms with van der Waals surface area (Å²) >= 11 is 0. The lowest BCUT2D eigenvalue weighted by Gasteiger charge is -2.31. The Kier molecular flexibility index (Phi) is 5.50. The maximum absolute atomic E-state index is 13.4. The molecule has 1 unspecified atom stereocenters. The first-order chi connectivity index (χ1) is 10.1. The summed E-state index contributed by atoms with van der Waals surface area (Å²) in [6.07, 6.45) is 1.89. The van der Waals surface area contributed by atoms with E-state index < -0.39 is 11.6 Å². The molecule has 1 aromatic carbocycles. The molecule has 0 aliphatic carbocycles. The summed E-state index contributed by atoms with van der Waals surface area (Å²) in [5.74, 6) is -1.07. The molecule has 2 amide bonds. The molecule has 0 aromatic heterocycles. The molecule has 1 heterocycles. The van der Waals surface area contributed by atoms with Crippen LogP contribution in [-0.2, 0) is 6.42 Å². The van der Waals surface area contributed by atoms with Gasteiger partial charge in [-0.2, -0.15) is 0 Å². The Labute approximate surface area is 122 Å². The van der Waals surface area contributed by atoms with E-state index in [1.807, 2.05) is 0 Å². The molecule has 0 radical (unpaired) electrons. The van der Waals surface area contributed by atoms with Crippen LogP contribution in [0.15, 0.2) is 18.2 Å². The summed E-state index contributed by atoms with van der Waals surface area (Å²) in [6.45, 7) is 1.42. The number of piperidine rings is 1. The Bertz CT molecular complexity index is 476. The molecule has 116 valence electrons. The number of carbonyl (C=O) groups is 1. The highest BCUT2D eigenvalue weighted by molar-refractivity contribution is 5.74. The summed E-state index contributed by atoms with van der Waals surface area (Å²) in [5, 5.41) is 11.8. The summed E-state index contributed by atoms with van der Waals surface area (Å²) in [7, 11) is 0. The van der Waals surface area contributed by atoms with Gasteiger partial charge in [-0.25, -0.2) is 13.6 Å². The molecule has 1 atom stereocenters. The van der Waals surface area contributed by atoms with Crippen molar-refractivity contribution in [3.05, 3.63) is 35.4 Å². The molecule has 4 nitrogen and oxygen atoms in total. The third kappa shape index (κ3) is 4.14. The van der Waals surface area contributed by atoms with Crippen molar-refractivity contribution in [2.45, 2.75) is 19.3 Å². The van der Waals surface area contributed by atoms with Crippen molar-refractivity contribution in [3.8, 4) is 0 Å². The molecule has 0 bridgehead atoms. The number of urea groups is 1. The quantitative estimate of drug-likeness (QED) is 0.892. The highest BCUT2D eigenvalue weighted by Crippen LogP contribution is 2.16. The first-order valence-electron chi connectivity index (χ1n) is 7.18. The van der Waals surface area contributed by atoms with Crippen molar-refractivity contribution >= 4 is 6.03 Å². The topological polar surface area (TPSA) is 52.6 Å². The molecule has 2 rings (SSSR count). The zero-order valence-electron chi connectivity index (χ0n) is 11.8. The number of aliphatic hydroxyl groups is 1. The van der Waals surface area contributed by atoms with E-state index in [9.17, 15) is 13.6 Å². The van der Waals surface area contributed by atoms with Crippen LogP contribution in [0.25, 0.3) is 0 Å². The lowest BCUT2D eigenvalue weighted by molar-refractivity contribution is 0.129. The van der Waals surface area contributed by atoms with Gasteiger partial charge in [0, 0.05) is 31.8 Å². The number of hydrogen-bond donors (Lipinski definition) is 2. The monoisotopic (exact) mass is 298 g/mol. The van der Waals surface area contributed by atoms with Gasteiger partial charge in [0.15, 0.2) is 0 Å². The second-order valence-corrected chi connectivity index (χ2v) is 5.32.